The molecule has 0 saturated carbocycles. The van der Waals surface area contributed by atoms with Gasteiger partial charge in [-0.2, -0.15) is 0 Å². The van der Waals surface area contributed by atoms with Gasteiger partial charge in [0.05, 0.1) is 15.9 Å². The molecule has 3 rings (SSSR count). The summed E-state index contributed by atoms with van der Waals surface area (Å²) in [5.41, 5.74) is 1.44. The van der Waals surface area contributed by atoms with Gasteiger partial charge in [0.15, 0.2) is 0 Å². The Kier molecular flexibility index (Phi) is 4.90. The van der Waals surface area contributed by atoms with Crippen molar-refractivity contribution in [1.29, 1.82) is 0 Å². The van der Waals surface area contributed by atoms with E-state index in [-0.39, 0.29) is 11.3 Å². The second-order valence-electron chi connectivity index (χ2n) is 6.05. The topological polar surface area (TPSA) is 118 Å². The van der Waals surface area contributed by atoms with Crippen LogP contribution in [-0.4, -0.2) is 20.4 Å². The predicted molar refractivity (Wildman–Crippen MR) is 100.0 cm³/mol. The van der Waals surface area contributed by atoms with Crippen LogP contribution >= 0.6 is 0 Å². The Bertz CT molecular complexity index is 1070. The van der Waals surface area contributed by atoms with Gasteiger partial charge in [-0.1, -0.05) is 0 Å². The maximum Gasteiger partial charge on any atom is 0.350 e. The van der Waals surface area contributed by atoms with Crippen LogP contribution in [0.3, 0.4) is 0 Å². The zero-order chi connectivity index (χ0) is 20.4. The van der Waals surface area contributed by atoms with Crippen molar-refractivity contribution in [2.75, 3.05) is 0 Å². The maximum absolute atomic E-state index is 12.3. The minimum atomic E-state index is -0.970. The molecule has 0 fully saturated rings. The highest BCUT2D eigenvalue weighted by molar-refractivity contribution is 5.95. The van der Waals surface area contributed by atoms with Crippen LogP contribution in [0, 0.1) is 34.1 Å². The fourth-order valence-corrected chi connectivity index (χ4v) is 2.86. The molecule has 9 heteroatoms. The van der Waals surface area contributed by atoms with E-state index in [0.717, 1.165) is 35.3 Å². The first-order chi connectivity index (χ1) is 13.3. The summed E-state index contributed by atoms with van der Waals surface area (Å²) >= 11 is 0. The molecule has 0 aliphatic heterocycles. The van der Waals surface area contributed by atoms with Gasteiger partial charge in [0.2, 0.25) is 0 Å². The molecule has 2 aromatic carbocycles. The van der Waals surface area contributed by atoms with Crippen LogP contribution in [0.4, 0.5) is 11.4 Å². The van der Waals surface area contributed by atoms with Crippen molar-refractivity contribution in [3.05, 3.63) is 91.8 Å². The first-order valence-corrected chi connectivity index (χ1v) is 8.18. The zero-order valence-corrected chi connectivity index (χ0v) is 15.0. The predicted octanol–water partition coefficient (Wildman–Crippen LogP) is 4.13. The summed E-state index contributed by atoms with van der Waals surface area (Å²) in [6.07, 6.45) is 0. The number of carbonyl (C=O) groups excluding carboxylic acids is 1. The third kappa shape index (κ3) is 3.58. The second kappa shape index (κ2) is 7.31. The van der Waals surface area contributed by atoms with Crippen LogP contribution in [0.2, 0.25) is 0 Å². The maximum atomic E-state index is 12.3. The van der Waals surface area contributed by atoms with E-state index >= 15 is 0 Å². The first-order valence-electron chi connectivity index (χ1n) is 8.18. The van der Waals surface area contributed by atoms with E-state index in [0.29, 0.717) is 0 Å². The van der Waals surface area contributed by atoms with Crippen LogP contribution in [0.5, 0.6) is 5.75 Å². The number of aromatic nitrogens is 1. The zero-order valence-electron chi connectivity index (χ0n) is 15.0. The number of hydrogen-bond acceptors (Lipinski definition) is 6. The molecule has 1 heterocycles. The van der Waals surface area contributed by atoms with Gasteiger partial charge in [0.25, 0.3) is 11.4 Å². The van der Waals surface area contributed by atoms with Crippen molar-refractivity contribution in [1.82, 2.24) is 4.57 Å². The number of rotatable bonds is 5. The lowest BCUT2D eigenvalue weighted by molar-refractivity contribution is -0.394. The van der Waals surface area contributed by atoms with Crippen LogP contribution in [0.25, 0.3) is 5.69 Å². The number of ether oxygens (including phenoxy) is 1. The minimum Gasteiger partial charge on any atom is -0.423 e. The van der Waals surface area contributed by atoms with Gasteiger partial charge in [-0.25, -0.2) is 4.79 Å². The van der Waals surface area contributed by atoms with E-state index in [1.807, 2.05) is 30.5 Å². The van der Waals surface area contributed by atoms with E-state index in [4.69, 9.17) is 4.74 Å². The summed E-state index contributed by atoms with van der Waals surface area (Å²) in [6, 6.07) is 13.4. The number of nitrogens with zero attached hydrogens (tertiary/aromatic N) is 3. The smallest absolute Gasteiger partial charge is 0.350 e. The molecule has 142 valence electrons. The Hall–Kier alpha value is -4.01. The van der Waals surface area contributed by atoms with Gasteiger partial charge >= 0.3 is 5.97 Å². The van der Waals surface area contributed by atoms with Crippen molar-refractivity contribution >= 4 is 17.3 Å². The molecule has 0 aliphatic rings. The van der Waals surface area contributed by atoms with Crippen molar-refractivity contribution in [2.24, 2.45) is 0 Å². The molecule has 0 spiro atoms. The highest BCUT2D eigenvalue weighted by Gasteiger charge is 2.25. The van der Waals surface area contributed by atoms with E-state index in [1.165, 1.54) is 0 Å². The molecule has 9 nitrogen and oxygen atoms in total. The molecular formula is C19H15N3O6. The van der Waals surface area contributed by atoms with E-state index < -0.39 is 27.2 Å². The molecule has 1 aromatic heterocycles. The summed E-state index contributed by atoms with van der Waals surface area (Å²) in [7, 11) is 0. The highest BCUT2D eigenvalue weighted by atomic mass is 16.6. The standard InChI is InChI=1S/C19H15N3O6/c1-12-3-4-13(2)20(12)14-5-8-16(9-6-14)28-19(23)17-10-7-15(21(24)25)11-18(17)22(26)27/h3-11H,1-2H3. The Balaban J connectivity index is 1.85. The number of non-ortho nitro benzene ring substituents is 1. The molecule has 0 radical (unpaired) electrons. The quantitative estimate of drug-likeness (QED) is 0.284. The molecule has 0 atom stereocenters. The minimum absolute atomic E-state index is 0.198. The average molecular weight is 381 g/mol. The number of nitro groups is 2. The van der Waals surface area contributed by atoms with Crippen molar-refractivity contribution < 1.29 is 19.4 Å². The normalized spacial score (nSPS) is 10.5. The monoisotopic (exact) mass is 381 g/mol. The van der Waals surface area contributed by atoms with E-state index in [2.05, 4.69) is 0 Å². The summed E-state index contributed by atoms with van der Waals surface area (Å²) in [4.78, 5) is 32.7. The Morgan fingerprint density at radius 1 is 0.893 bits per heavy atom. The van der Waals surface area contributed by atoms with Crippen LogP contribution in [-0.2, 0) is 0 Å². The van der Waals surface area contributed by atoms with Crippen molar-refractivity contribution in [3.63, 3.8) is 0 Å². The molecule has 0 N–H and O–H groups in total. The van der Waals surface area contributed by atoms with E-state index in [9.17, 15) is 25.0 Å². The molecule has 0 unspecified atom stereocenters. The number of esters is 1. The summed E-state index contributed by atoms with van der Waals surface area (Å²) in [5, 5.41) is 22.0. The number of benzene rings is 2. The lowest BCUT2D eigenvalue weighted by Crippen LogP contribution is -2.11. The fourth-order valence-electron chi connectivity index (χ4n) is 2.86. The average Bonchev–Trinajstić information content (AvgIpc) is 3.00. The van der Waals surface area contributed by atoms with Gasteiger partial charge in [-0.3, -0.25) is 20.2 Å². The second-order valence-corrected chi connectivity index (χ2v) is 6.05. The van der Waals surface area contributed by atoms with Gasteiger partial charge in [0, 0.05) is 23.1 Å². The lowest BCUT2D eigenvalue weighted by atomic mass is 10.1. The van der Waals surface area contributed by atoms with Crippen LogP contribution < -0.4 is 4.74 Å². The lowest BCUT2D eigenvalue weighted by Gasteiger charge is -2.10. The van der Waals surface area contributed by atoms with Crippen LogP contribution in [0.1, 0.15) is 21.7 Å². The third-order valence-electron chi connectivity index (χ3n) is 4.19. The number of carbonyl (C=O) groups is 1. The Morgan fingerprint density at radius 2 is 1.50 bits per heavy atom. The van der Waals surface area contributed by atoms with Gasteiger partial charge < -0.3 is 9.30 Å². The molecular weight excluding hydrogens is 366 g/mol. The van der Waals surface area contributed by atoms with Gasteiger partial charge in [-0.15, -0.1) is 0 Å². The SMILES string of the molecule is Cc1ccc(C)n1-c1ccc(OC(=O)c2ccc([N+](=O)[O-])cc2[N+](=O)[O-])cc1. The molecule has 28 heavy (non-hydrogen) atoms. The Morgan fingerprint density at radius 3 is 2.04 bits per heavy atom. The molecule has 0 bridgehead atoms. The number of aryl methyl sites for hydroxylation is 2. The fraction of sp³-hybridized carbons (Fsp3) is 0.105. The largest absolute Gasteiger partial charge is 0.423 e. The van der Waals surface area contributed by atoms with Crippen LogP contribution in [0.15, 0.2) is 54.6 Å². The number of nitro benzene ring substituents is 2. The highest BCUT2D eigenvalue weighted by Crippen LogP contribution is 2.26. The first kappa shape index (κ1) is 18.8. The molecule has 0 amide bonds. The Labute approximate surface area is 159 Å². The molecule has 0 aliphatic carbocycles. The van der Waals surface area contributed by atoms with Gasteiger partial charge in [-0.05, 0) is 56.3 Å². The van der Waals surface area contributed by atoms with Gasteiger partial charge in [0.1, 0.15) is 11.3 Å². The van der Waals surface area contributed by atoms with Crippen molar-refractivity contribution in [2.45, 2.75) is 13.8 Å². The van der Waals surface area contributed by atoms with E-state index in [1.54, 1.807) is 24.3 Å². The summed E-state index contributed by atoms with van der Waals surface area (Å²) in [6.45, 7) is 3.93. The summed E-state index contributed by atoms with van der Waals surface area (Å²) in [5.74, 6) is -0.772. The summed E-state index contributed by atoms with van der Waals surface area (Å²) < 4.78 is 7.22. The number of hydrogen-bond donors (Lipinski definition) is 0. The molecule has 0 saturated heterocycles. The van der Waals surface area contributed by atoms with Crippen molar-refractivity contribution in [3.8, 4) is 11.4 Å². The third-order valence-corrected chi connectivity index (χ3v) is 4.19. The molecule has 3 aromatic rings.